The second-order valence-electron chi connectivity index (χ2n) is 7.44. The van der Waals surface area contributed by atoms with Crippen LogP contribution in [0, 0.1) is 0 Å². The van der Waals surface area contributed by atoms with Crippen molar-refractivity contribution in [3.63, 3.8) is 0 Å². The third-order valence-electron chi connectivity index (χ3n) is 4.74. The average molecular weight is 455 g/mol. The van der Waals surface area contributed by atoms with E-state index in [0.29, 0.717) is 29.6 Å². The third kappa shape index (κ3) is 4.50. The predicted molar refractivity (Wildman–Crippen MR) is 126 cm³/mol. The molecular formula is C22H26N6O3S. The van der Waals surface area contributed by atoms with Crippen LogP contribution < -0.4 is 15.4 Å². The van der Waals surface area contributed by atoms with E-state index in [1.165, 1.54) is 0 Å². The molecule has 3 aromatic heterocycles. The number of nitrogens with zero attached hydrogens (tertiary/aromatic N) is 4. The molecule has 0 saturated carbocycles. The normalized spacial score (nSPS) is 11.4. The van der Waals surface area contributed by atoms with Crippen LogP contribution in [0.2, 0.25) is 0 Å². The molecule has 1 amide bonds. The third-order valence-corrected chi connectivity index (χ3v) is 5.46. The zero-order valence-corrected chi connectivity index (χ0v) is 19.3. The molecule has 0 radical (unpaired) electrons. The van der Waals surface area contributed by atoms with Crippen LogP contribution in [-0.4, -0.2) is 51.1 Å². The van der Waals surface area contributed by atoms with Crippen LogP contribution >= 0.6 is 11.8 Å². The van der Waals surface area contributed by atoms with Crippen LogP contribution in [0.1, 0.15) is 31.3 Å². The van der Waals surface area contributed by atoms with Gasteiger partial charge in [-0.3, -0.25) is 4.79 Å². The number of thioether (sulfide) groups is 1. The number of carbonyl (C=O) groups excluding carboxylic acids is 1. The van der Waals surface area contributed by atoms with Crippen molar-refractivity contribution in [1.82, 2.24) is 25.1 Å². The molecule has 0 atom stereocenters. The maximum Gasteiger partial charge on any atom is 0.287 e. The highest BCUT2D eigenvalue weighted by Gasteiger charge is 2.16. The smallest absolute Gasteiger partial charge is 0.287 e. The Balaban J connectivity index is 1.49. The Morgan fingerprint density at radius 1 is 1.31 bits per heavy atom. The highest BCUT2D eigenvalue weighted by atomic mass is 32.2. The fraction of sp³-hybridized carbons (Fsp3) is 0.364. The van der Waals surface area contributed by atoms with Gasteiger partial charge in [0, 0.05) is 18.0 Å². The molecule has 0 aliphatic heterocycles. The molecule has 32 heavy (non-hydrogen) atoms. The van der Waals surface area contributed by atoms with Crippen molar-refractivity contribution in [2.24, 2.45) is 0 Å². The van der Waals surface area contributed by atoms with Crippen molar-refractivity contribution in [2.45, 2.75) is 38.5 Å². The van der Waals surface area contributed by atoms with Gasteiger partial charge in [-0.15, -0.1) is 0 Å². The Labute approximate surface area is 189 Å². The molecular weight excluding hydrogens is 428 g/mol. The summed E-state index contributed by atoms with van der Waals surface area (Å²) in [4.78, 5) is 21.9. The first-order valence-corrected chi connectivity index (χ1v) is 11.5. The van der Waals surface area contributed by atoms with Crippen LogP contribution in [0.5, 0.6) is 5.75 Å². The SMILES string of the molecule is CCSc1nc(NC(C)C)c2cnn(CCNC(=O)c3cc4cccc(OC)c4o3)c2n1. The van der Waals surface area contributed by atoms with Crippen LogP contribution in [-0.2, 0) is 6.54 Å². The highest BCUT2D eigenvalue weighted by Crippen LogP contribution is 2.28. The van der Waals surface area contributed by atoms with E-state index >= 15 is 0 Å². The number of carbonyl (C=O) groups is 1. The predicted octanol–water partition coefficient (Wildman–Crippen LogP) is 3.94. The molecule has 0 unspecified atom stereocenters. The van der Waals surface area contributed by atoms with Gasteiger partial charge in [0.15, 0.2) is 27.9 Å². The summed E-state index contributed by atoms with van der Waals surface area (Å²) in [6, 6.07) is 7.48. The maximum absolute atomic E-state index is 12.6. The largest absolute Gasteiger partial charge is 0.493 e. The van der Waals surface area contributed by atoms with Crippen molar-refractivity contribution < 1.29 is 13.9 Å². The number of furan rings is 1. The lowest BCUT2D eigenvalue weighted by Crippen LogP contribution is -2.27. The monoisotopic (exact) mass is 454 g/mol. The number of hydrogen-bond acceptors (Lipinski definition) is 8. The fourth-order valence-corrected chi connectivity index (χ4v) is 3.91. The molecule has 2 N–H and O–H groups in total. The van der Waals surface area contributed by atoms with E-state index in [-0.39, 0.29) is 17.7 Å². The Kier molecular flexibility index (Phi) is 6.50. The van der Waals surface area contributed by atoms with Gasteiger partial charge in [-0.05, 0) is 31.7 Å². The molecule has 10 heteroatoms. The number of anilines is 1. The number of aromatic nitrogens is 4. The van der Waals surface area contributed by atoms with Gasteiger partial charge in [0.2, 0.25) is 0 Å². The minimum absolute atomic E-state index is 0.234. The number of methoxy groups -OCH3 is 1. The lowest BCUT2D eigenvalue weighted by molar-refractivity contribution is 0.0926. The Morgan fingerprint density at radius 3 is 2.91 bits per heavy atom. The summed E-state index contributed by atoms with van der Waals surface area (Å²) in [5, 5.41) is 13.1. The van der Waals surface area contributed by atoms with E-state index in [9.17, 15) is 4.79 Å². The van der Waals surface area contributed by atoms with E-state index in [0.717, 1.165) is 28.0 Å². The molecule has 3 heterocycles. The molecule has 168 valence electrons. The molecule has 0 spiro atoms. The van der Waals surface area contributed by atoms with Crippen LogP contribution in [0.25, 0.3) is 22.0 Å². The lowest BCUT2D eigenvalue weighted by atomic mass is 10.2. The highest BCUT2D eigenvalue weighted by molar-refractivity contribution is 7.99. The quantitative estimate of drug-likeness (QED) is 0.289. The second-order valence-corrected chi connectivity index (χ2v) is 8.67. The molecule has 0 saturated heterocycles. The van der Waals surface area contributed by atoms with Gasteiger partial charge in [-0.2, -0.15) is 5.10 Å². The van der Waals surface area contributed by atoms with Crippen molar-refractivity contribution in [1.29, 1.82) is 0 Å². The van der Waals surface area contributed by atoms with Gasteiger partial charge in [-0.25, -0.2) is 14.6 Å². The van der Waals surface area contributed by atoms with Crippen LogP contribution in [0.3, 0.4) is 0 Å². The van der Waals surface area contributed by atoms with Gasteiger partial charge in [0.25, 0.3) is 5.91 Å². The van der Waals surface area contributed by atoms with E-state index in [4.69, 9.17) is 9.15 Å². The summed E-state index contributed by atoms with van der Waals surface area (Å²) in [6.07, 6.45) is 1.76. The summed E-state index contributed by atoms with van der Waals surface area (Å²) in [5.74, 6) is 2.18. The Morgan fingerprint density at radius 2 is 2.16 bits per heavy atom. The van der Waals surface area contributed by atoms with Gasteiger partial charge in [-0.1, -0.05) is 30.8 Å². The summed E-state index contributed by atoms with van der Waals surface area (Å²) >= 11 is 1.58. The topological polar surface area (TPSA) is 107 Å². The summed E-state index contributed by atoms with van der Waals surface area (Å²) in [6.45, 7) is 7.03. The summed E-state index contributed by atoms with van der Waals surface area (Å²) < 4.78 is 12.8. The standard InChI is InChI=1S/C22H26N6O3S/c1-5-32-22-26-19(25-13(2)3)15-12-24-28(20(15)27-22)10-9-23-21(29)17-11-14-7-6-8-16(30-4)18(14)31-17/h6-8,11-13H,5,9-10H2,1-4H3,(H,23,29)(H,25,26,27). The van der Waals surface area contributed by atoms with Gasteiger partial charge in [0.1, 0.15) is 5.82 Å². The van der Waals surface area contributed by atoms with Gasteiger partial charge < -0.3 is 19.8 Å². The molecule has 4 rings (SSSR count). The molecule has 4 aromatic rings. The van der Waals surface area contributed by atoms with E-state index in [1.54, 1.807) is 41.9 Å². The summed E-state index contributed by atoms with van der Waals surface area (Å²) in [5.41, 5.74) is 1.29. The number of nitrogens with one attached hydrogen (secondary N) is 2. The number of ether oxygens (including phenoxy) is 1. The number of rotatable bonds is 9. The van der Waals surface area contributed by atoms with E-state index < -0.39 is 0 Å². The number of hydrogen-bond donors (Lipinski definition) is 2. The maximum atomic E-state index is 12.6. The summed E-state index contributed by atoms with van der Waals surface area (Å²) in [7, 11) is 1.57. The van der Waals surface area contributed by atoms with Crippen molar-refractivity contribution >= 4 is 45.5 Å². The Hall–Kier alpha value is -3.27. The van der Waals surface area contributed by atoms with E-state index in [1.807, 2.05) is 12.1 Å². The van der Waals surface area contributed by atoms with Crippen molar-refractivity contribution in [2.75, 3.05) is 24.7 Å². The van der Waals surface area contributed by atoms with Gasteiger partial charge in [0.05, 0.1) is 25.2 Å². The molecule has 0 aliphatic rings. The van der Waals surface area contributed by atoms with Gasteiger partial charge >= 0.3 is 0 Å². The van der Waals surface area contributed by atoms with Crippen molar-refractivity contribution in [3.05, 3.63) is 36.2 Å². The van der Waals surface area contributed by atoms with E-state index in [2.05, 4.69) is 46.5 Å². The van der Waals surface area contributed by atoms with Crippen LogP contribution in [0.15, 0.2) is 40.0 Å². The number of amides is 1. The molecule has 1 aromatic carbocycles. The minimum Gasteiger partial charge on any atom is -0.493 e. The van der Waals surface area contributed by atoms with Crippen LogP contribution in [0.4, 0.5) is 5.82 Å². The molecule has 0 fully saturated rings. The number of fused-ring (bicyclic) bond motifs is 2. The average Bonchev–Trinajstić information content (AvgIpc) is 3.38. The first-order chi connectivity index (χ1) is 15.5. The zero-order valence-electron chi connectivity index (χ0n) is 18.5. The first kappa shape index (κ1) is 21.9. The zero-order chi connectivity index (χ0) is 22.7. The minimum atomic E-state index is -0.293. The fourth-order valence-electron chi connectivity index (χ4n) is 3.35. The number of para-hydroxylation sites is 1. The lowest BCUT2D eigenvalue weighted by Gasteiger charge is -2.11. The molecule has 0 bridgehead atoms. The second kappa shape index (κ2) is 9.47. The first-order valence-electron chi connectivity index (χ1n) is 10.5. The Bertz CT molecular complexity index is 1250. The van der Waals surface area contributed by atoms with Crippen molar-refractivity contribution in [3.8, 4) is 5.75 Å². The molecule has 0 aliphatic carbocycles. The molecule has 9 nitrogen and oxygen atoms in total. The number of benzene rings is 1.